The van der Waals surface area contributed by atoms with Gasteiger partial charge in [0.1, 0.15) is 5.82 Å². The van der Waals surface area contributed by atoms with Gasteiger partial charge in [0, 0.05) is 19.2 Å². The van der Waals surface area contributed by atoms with Gasteiger partial charge in [-0.05, 0) is 18.9 Å². The molecule has 0 saturated heterocycles. The molecule has 0 amide bonds. The Bertz CT molecular complexity index is 705. The van der Waals surface area contributed by atoms with Crippen LogP contribution in [0.1, 0.15) is 30.3 Å². The maximum Gasteiger partial charge on any atom is 0.257 e. The van der Waals surface area contributed by atoms with Crippen LogP contribution in [0, 0.1) is 6.92 Å². The molecule has 1 aromatic heterocycles. The smallest absolute Gasteiger partial charge is 0.257 e. The molecule has 0 aliphatic heterocycles. The van der Waals surface area contributed by atoms with Crippen molar-refractivity contribution in [3.8, 4) is 0 Å². The minimum absolute atomic E-state index is 0.0615. The van der Waals surface area contributed by atoms with Crippen LogP contribution in [-0.4, -0.2) is 18.0 Å². The van der Waals surface area contributed by atoms with E-state index in [9.17, 15) is 8.42 Å². The van der Waals surface area contributed by atoms with Crippen molar-refractivity contribution in [1.82, 2.24) is 9.55 Å². The summed E-state index contributed by atoms with van der Waals surface area (Å²) < 4.78 is 24.7. The molecule has 0 radical (unpaired) electrons. The number of imidazole rings is 1. The average Bonchev–Trinajstić information content (AvgIpc) is 2.73. The van der Waals surface area contributed by atoms with Crippen LogP contribution in [0.2, 0.25) is 0 Å². The molecule has 0 atom stereocenters. The summed E-state index contributed by atoms with van der Waals surface area (Å²) in [6.07, 6.45) is 3.14. The SMILES string of the molecule is CCCc1nc(S(N)(=O)=O)cn1Cc1cccc(C)c1. The molecule has 0 fully saturated rings. The highest BCUT2D eigenvalue weighted by molar-refractivity contribution is 7.89. The highest BCUT2D eigenvalue weighted by atomic mass is 32.2. The summed E-state index contributed by atoms with van der Waals surface area (Å²) in [5.74, 6) is 0.748. The Morgan fingerprint density at radius 3 is 2.70 bits per heavy atom. The van der Waals surface area contributed by atoms with Crippen molar-refractivity contribution in [3.05, 3.63) is 47.4 Å². The Labute approximate surface area is 119 Å². The molecule has 0 unspecified atom stereocenters. The van der Waals surface area contributed by atoms with Crippen molar-refractivity contribution in [2.75, 3.05) is 0 Å². The molecule has 0 aliphatic carbocycles. The van der Waals surface area contributed by atoms with Gasteiger partial charge in [0.25, 0.3) is 10.0 Å². The second kappa shape index (κ2) is 5.76. The second-order valence-corrected chi connectivity index (χ2v) is 6.42. The van der Waals surface area contributed by atoms with E-state index < -0.39 is 10.0 Å². The van der Waals surface area contributed by atoms with E-state index in [4.69, 9.17) is 5.14 Å². The first-order valence-electron chi connectivity index (χ1n) is 6.54. The summed E-state index contributed by atoms with van der Waals surface area (Å²) in [7, 11) is -3.76. The molecule has 2 N–H and O–H groups in total. The third-order valence-corrected chi connectivity index (χ3v) is 3.82. The number of nitrogens with two attached hydrogens (primary N) is 1. The summed E-state index contributed by atoms with van der Waals surface area (Å²) in [6, 6.07) is 8.10. The van der Waals surface area contributed by atoms with E-state index in [1.54, 1.807) is 0 Å². The van der Waals surface area contributed by atoms with Crippen LogP contribution < -0.4 is 5.14 Å². The summed E-state index contributed by atoms with van der Waals surface area (Å²) in [4.78, 5) is 4.14. The molecule has 2 rings (SSSR count). The van der Waals surface area contributed by atoms with Crippen molar-refractivity contribution >= 4 is 10.0 Å². The summed E-state index contributed by atoms with van der Waals surface area (Å²) >= 11 is 0. The van der Waals surface area contributed by atoms with Crippen LogP contribution in [-0.2, 0) is 23.0 Å². The zero-order valence-corrected chi connectivity index (χ0v) is 12.5. The summed E-state index contributed by atoms with van der Waals surface area (Å²) in [5, 5.41) is 5.09. The number of rotatable bonds is 5. The Morgan fingerprint density at radius 1 is 1.35 bits per heavy atom. The first-order chi connectivity index (χ1) is 9.40. The van der Waals surface area contributed by atoms with Crippen LogP contribution in [0.4, 0.5) is 0 Å². The highest BCUT2D eigenvalue weighted by Crippen LogP contribution is 2.13. The molecule has 0 spiro atoms. The van der Waals surface area contributed by atoms with Gasteiger partial charge in [-0.25, -0.2) is 18.5 Å². The number of hydrogen-bond acceptors (Lipinski definition) is 3. The van der Waals surface area contributed by atoms with Crippen molar-refractivity contribution in [1.29, 1.82) is 0 Å². The zero-order chi connectivity index (χ0) is 14.8. The van der Waals surface area contributed by atoms with Gasteiger partial charge in [0.15, 0.2) is 5.03 Å². The maximum atomic E-state index is 11.4. The number of hydrogen-bond donors (Lipinski definition) is 1. The lowest BCUT2D eigenvalue weighted by Crippen LogP contribution is -2.12. The predicted octanol–water partition coefficient (Wildman–Crippen LogP) is 1.84. The quantitative estimate of drug-likeness (QED) is 0.913. The van der Waals surface area contributed by atoms with Gasteiger partial charge in [-0.3, -0.25) is 0 Å². The topological polar surface area (TPSA) is 78.0 Å². The van der Waals surface area contributed by atoms with Crippen LogP contribution in [0.25, 0.3) is 0 Å². The number of primary sulfonamides is 1. The molecule has 0 aliphatic rings. The van der Waals surface area contributed by atoms with E-state index in [2.05, 4.69) is 11.1 Å². The minimum atomic E-state index is -3.76. The average molecular weight is 293 g/mol. The predicted molar refractivity (Wildman–Crippen MR) is 77.9 cm³/mol. The molecular weight excluding hydrogens is 274 g/mol. The molecule has 5 nitrogen and oxygen atoms in total. The number of nitrogens with zero attached hydrogens (tertiary/aromatic N) is 2. The monoisotopic (exact) mass is 293 g/mol. The third-order valence-electron chi connectivity index (χ3n) is 3.04. The van der Waals surface area contributed by atoms with Gasteiger partial charge >= 0.3 is 0 Å². The van der Waals surface area contributed by atoms with Crippen LogP contribution in [0.5, 0.6) is 0 Å². The molecule has 2 aromatic rings. The van der Waals surface area contributed by atoms with Crippen molar-refractivity contribution in [2.45, 2.75) is 38.3 Å². The fourth-order valence-electron chi connectivity index (χ4n) is 2.13. The van der Waals surface area contributed by atoms with Crippen LogP contribution >= 0.6 is 0 Å². The Hall–Kier alpha value is -1.66. The second-order valence-electron chi connectivity index (χ2n) is 4.91. The first kappa shape index (κ1) is 14.7. The highest BCUT2D eigenvalue weighted by Gasteiger charge is 2.16. The fraction of sp³-hybridized carbons (Fsp3) is 0.357. The zero-order valence-electron chi connectivity index (χ0n) is 11.7. The lowest BCUT2D eigenvalue weighted by Gasteiger charge is -2.07. The number of aromatic nitrogens is 2. The van der Waals surface area contributed by atoms with E-state index in [0.29, 0.717) is 6.54 Å². The van der Waals surface area contributed by atoms with Crippen LogP contribution in [0.3, 0.4) is 0 Å². The number of benzene rings is 1. The van der Waals surface area contributed by atoms with Gasteiger partial charge in [0.05, 0.1) is 0 Å². The fourth-order valence-corrected chi connectivity index (χ4v) is 2.64. The van der Waals surface area contributed by atoms with Gasteiger partial charge in [-0.15, -0.1) is 0 Å². The van der Waals surface area contributed by atoms with E-state index in [0.717, 1.165) is 24.2 Å². The van der Waals surface area contributed by atoms with Crippen LogP contribution in [0.15, 0.2) is 35.5 Å². The Kier molecular flexibility index (Phi) is 4.25. The van der Waals surface area contributed by atoms with Crippen molar-refractivity contribution in [3.63, 3.8) is 0 Å². The Morgan fingerprint density at radius 2 is 2.10 bits per heavy atom. The number of aryl methyl sites for hydroxylation is 2. The van der Waals surface area contributed by atoms with Crippen molar-refractivity contribution < 1.29 is 8.42 Å². The van der Waals surface area contributed by atoms with Gasteiger partial charge in [-0.2, -0.15) is 0 Å². The maximum absolute atomic E-state index is 11.4. The lowest BCUT2D eigenvalue weighted by atomic mass is 10.1. The third kappa shape index (κ3) is 3.46. The van der Waals surface area contributed by atoms with Crippen molar-refractivity contribution in [2.24, 2.45) is 5.14 Å². The largest absolute Gasteiger partial charge is 0.329 e. The summed E-state index contributed by atoms with van der Waals surface area (Å²) in [6.45, 7) is 4.65. The normalized spacial score (nSPS) is 11.8. The van der Waals surface area contributed by atoms with E-state index in [1.807, 2.05) is 36.6 Å². The minimum Gasteiger partial charge on any atom is -0.329 e. The molecule has 1 heterocycles. The first-order valence-corrected chi connectivity index (χ1v) is 8.09. The molecular formula is C14H19N3O2S. The molecule has 108 valence electrons. The van der Waals surface area contributed by atoms with Gasteiger partial charge in [0.2, 0.25) is 0 Å². The molecule has 6 heteroatoms. The molecule has 1 aromatic carbocycles. The number of sulfonamides is 1. The lowest BCUT2D eigenvalue weighted by molar-refractivity contribution is 0.594. The van der Waals surface area contributed by atoms with E-state index in [1.165, 1.54) is 11.8 Å². The molecule has 0 bridgehead atoms. The standard InChI is InChI=1S/C14H19N3O2S/c1-3-5-13-16-14(20(15,18)19)10-17(13)9-12-7-4-6-11(2)8-12/h4,6-8,10H,3,5,9H2,1-2H3,(H2,15,18,19). The van der Waals surface area contributed by atoms with Gasteiger partial charge < -0.3 is 4.57 Å². The van der Waals surface area contributed by atoms with E-state index in [-0.39, 0.29) is 5.03 Å². The van der Waals surface area contributed by atoms with Gasteiger partial charge in [-0.1, -0.05) is 36.8 Å². The summed E-state index contributed by atoms with van der Waals surface area (Å²) in [5.41, 5.74) is 2.28. The molecule has 0 saturated carbocycles. The van der Waals surface area contributed by atoms with E-state index >= 15 is 0 Å². The Balaban J connectivity index is 2.37. The molecule has 20 heavy (non-hydrogen) atoms.